The summed E-state index contributed by atoms with van der Waals surface area (Å²) in [6.45, 7) is 6.32. The number of hydrogen-bond acceptors (Lipinski definition) is 10. The van der Waals surface area contributed by atoms with E-state index < -0.39 is 49.6 Å². The highest BCUT2D eigenvalue weighted by atomic mass is 31.2. The minimum atomic E-state index is -4.08. The molecule has 0 saturated carbocycles. The summed E-state index contributed by atoms with van der Waals surface area (Å²) in [5.74, 6) is -1.80. The van der Waals surface area contributed by atoms with Crippen molar-refractivity contribution in [1.82, 2.24) is 4.90 Å². The molecule has 0 N–H and O–H groups in total. The van der Waals surface area contributed by atoms with Crippen LogP contribution in [0.5, 0.6) is 0 Å². The Morgan fingerprint density at radius 2 is 2.15 bits per heavy atom. The zero-order valence-electron chi connectivity index (χ0n) is 18.8. The molecule has 0 radical (unpaired) electrons. The molecule has 33 heavy (non-hydrogen) atoms. The Balaban J connectivity index is 1.70. The van der Waals surface area contributed by atoms with Crippen molar-refractivity contribution in [2.24, 2.45) is 11.0 Å². The van der Waals surface area contributed by atoms with Gasteiger partial charge in [0.2, 0.25) is 5.91 Å². The van der Waals surface area contributed by atoms with Crippen molar-refractivity contribution in [3.63, 3.8) is 0 Å². The molecule has 3 rings (SSSR count). The van der Waals surface area contributed by atoms with Crippen LogP contribution in [0.4, 0.5) is 0 Å². The number of phosphoric ester groups is 1. The molecule has 2 fully saturated rings. The van der Waals surface area contributed by atoms with E-state index >= 15 is 0 Å². The van der Waals surface area contributed by atoms with Crippen LogP contribution in [0.25, 0.3) is 10.4 Å². The van der Waals surface area contributed by atoms with Crippen molar-refractivity contribution in [3.8, 4) is 0 Å². The van der Waals surface area contributed by atoms with E-state index in [1.165, 1.54) is 19.2 Å². The Labute approximate surface area is 190 Å². The molecule has 3 aliphatic heterocycles. The van der Waals surface area contributed by atoms with Gasteiger partial charge in [0.1, 0.15) is 17.7 Å². The first-order valence-corrected chi connectivity index (χ1v) is 12.0. The molecule has 6 atom stereocenters. The second kappa shape index (κ2) is 9.92. The summed E-state index contributed by atoms with van der Waals surface area (Å²) < 4.78 is 40.4. The predicted molar refractivity (Wildman–Crippen MR) is 111 cm³/mol. The van der Waals surface area contributed by atoms with E-state index in [-0.39, 0.29) is 37.9 Å². The van der Waals surface area contributed by atoms with Crippen LogP contribution in [0.2, 0.25) is 0 Å². The molecular formula is C19H27N4O9P. The maximum atomic E-state index is 13.1. The number of carbonyl (C=O) groups is 3. The fourth-order valence-corrected chi connectivity index (χ4v) is 5.19. The average molecular weight is 486 g/mol. The summed E-state index contributed by atoms with van der Waals surface area (Å²) in [4.78, 5) is 39.8. The fourth-order valence-electron chi connectivity index (χ4n) is 3.71. The van der Waals surface area contributed by atoms with Gasteiger partial charge in [0.25, 0.3) is 0 Å². The highest BCUT2D eigenvalue weighted by molar-refractivity contribution is 7.48. The van der Waals surface area contributed by atoms with Crippen molar-refractivity contribution >= 4 is 25.5 Å². The Bertz CT molecular complexity index is 934. The smallest absolute Gasteiger partial charge is 0.463 e. The normalized spacial score (nSPS) is 34.7. The maximum absolute atomic E-state index is 13.1. The molecule has 3 heterocycles. The number of allylic oxidation sites excluding steroid dienone is 1. The van der Waals surface area contributed by atoms with Gasteiger partial charge in [-0.15, -0.1) is 0 Å². The molecule has 0 aliphatic carbocycles. The summed E-state index contributed by atoms with van der Waals surface area (Å²) in [5.41, 5.74) is 7.66. The van der Waals surface area contributed by atoms with Gasteiger partial charge in [0, 0.05) is 11.1 Å². The number of carbonyl (C=O) groups excluding carboxylic acids is 3. The van der Waals surface area contributed by atoms with Gasteiger partial charge in [-0.2, -0.15) is 0 Å². The quantitative estimate of drug-likeness (QED) is 0.125. The van der Waals surface area contributed by atoms with Gasteiger partial charge in [-0.25, -0.2) is 4.57 Å². The molecular weight excluding hydrogens is 459 g/mol. The standard InChI is InChI=1S/C19H27N4O9P/c1-11(2)30-17(26)12(3)6-8-28-33(27)29-10-14-16(32-33)19(4,21-22-20)18(31-14)23-7-5-13(24)9-15(23)25/h5,7,11-12,14,16,18H,6,8-10H2,1-4H3/t12?,14-,16-,18-,19-,33-/m1/s1. The van der Waals surface area contributed by atoms with E-state index in [1.54, 1.807) is 20.8 Å². The fraction of sp³-hybridized carbons (Fsp3) is 0.737. The van der Waals surface area contributed by atoms with Gasteiger partial charge in [-0.1, -0.05) is 12.0 Å². The van der Waals surface area contributed by atoms with Crippen molar-refractivity contribution < 1.29 is 42.0 Å². The summed E-state index contributed by atoms with van der Waals surface area (Å²) in [5, 5.41) is 3.80. The molecule has 3 aliphatic rings. The third-order valence-electron chi connectivity index (χ3n) is 5.46. The van der Waals surface area contributed by atoms with Crippen LogP contribution >= 0.6 is 7.82 Å². The third-order valence-corrected chi connectivity index (χ3v) is 6.91. The Hall–Kier alpha value is -2.27. The molecule has 1 amide bonds. The van der Waals surface area contributed by atoms with Crippen LogP contribution in [-0.2, 0) is 42.0 Å². The zero-order valence-corrected chi connectivity index (χ0v) is 19.7. The minimum Gasteiger partial charge on any atom is -0.463 e. The molecule has 0 aromatic rings. The van der Waals surface area contributed by atoms with Gasteiger partial charge in [-0.05, 0) is 38.8 Å². The highest BCUT2D eigenvalue weighted by Crippen LogP contribution is 2.58. The Kier molecular flexibility index (Phi) is 7.62. The van der Waals surface area contributed by atoms with Crippen LogP contribution < -0.4 is 0 Å². The Morgan fingerprint density at radius 3 is 2.79 bits per heavy atom. The van der Waals surface area contributed by atoms with Crippen molar-refractivity contribution in [2.75, 3.05) is 13.2 Å². The lowest BCUT2D eigenvalue weighted by molar-refractivity contribution is -0.152. The topological polar surface area (TPSA) is 166 Å². The van der Waals surface area contributed by atoms with Crippen LogP contribution in [0, 0.1) is 5.92 Å². The number of esters is 1. The van der Waals surface area contributed by atoms with Crippen LogP contribution in [-0.4, -0.2) is 65.9 Å². The molecule has 0 aromatic heterocycles. The molecule has 0 aromatic carbocycles. The molecule has 182 valence electrons. The minimum absolute atomic E-state index is 0.110. The van der Waals surface area contributed by atoms with Crippen molar-refractivity contribution in [1.29, 1.82) is 0 Å². The number of ketones is 1. The lowest BCUT2D eigenvalue weighted by Crippen LogP contribution is -2.53. The molecule has 13 nitrogen and oxygen atoms in total. The number of hydrogen-bond donors (Lipinski definition) is 0. The number of phosphoric acid groups is 1. The summed E-state index contributed by atoms with van der Waals surface area (Å²) >= 11 is 0. The summed E-state index contributed by atoms with van der Waals surface area (Å²) in [6, 6.07) is 0. The number of ether oxygens (including phenoxy) is 2. The van der Waals surface area contributed by atoms with E-state index in [0.717, 1.165) is 4.90 Å². The molecule has 1 unspecified atom stereocenters. The highest BCUT2D eigenvalue weighted by Gasteiger charge is 2.62. The molecule has 0 bridgehead atoms. The lowest BCUT2D eigenvalue weighted by Gasteiger charge is -2.37. The monoisotopic (exact) mass is 486 g/mol. The van der Waals surface area contributed by atoms with Gasteiger partial charge < -0.3 is 9.47 Å². The predicted octanol–water partition coefficient (Wildman–Crippen LogP) is 2.61. The van der Waals surface area contributed by atoms with E-state index in [4.69, 9.17) is 28.6 Å². The molecule has 14 heteroatoms. The molecule has 2 saturated heterocycles. The van der Waals surface area contributed by atoms with E-state index in [2.05, 4.69) is 10.0 Å². The number of fused-ring (bicyclic) bond motifs is 1. The number of nitrogens with zero attached hydrogens (tertiary/aromatic N) is 4. The second-order valence-electron chi connectivity index (χ2n) is 8.48. The summed E-state index contributed by atoms with van der Waals surface area (Å²) in [6.07, 6.45) is -0.889. The average Bonchev–Trinajstić information content (AvgIpc) is 2.99. The first-order valence-electron chi connectivity index (χ1n) is 10.5. The van der Waals surface area contributed by atoms with E-state index in [9.17, 15) is 18.9 Å². The van der Waals surface area contributed by atoms with Crippen LogP contribution in [0.15, 0.2) is 17.4 Å². The van der Waals surface area contributed by atoms with Crippen LogP contribution in [0.3, 0.4) is 0 Å². The zero-order chi connectivity index (χ0) is 24.4. The first kappa shape index (κ1) is 25.4. The van der Waals surface area contributed by atoms with Crippen molar-refractivity contribution in [3.05, 3.63) is 22.7 Å². The number of azide groups is 1. The van der Waals surface area contributed by atoms with Gasteiger partial charge in [0.15, 0.2) is 12.0 Å². The van der Waals surface area contributed by atoms with Crippen molar-refractivity contribution in [2.45, 2.75) is 70.6 Å². The number of amides is 1. The summed E-state index contributed by atoms with van der Waals surface area (Å²) in [7, 11) is -4.08. The third kappa shape index (κ3) is 5.46. The Morgan fingerprint density at radius 1 is 1.42 bits per heavy atom. The van der Waals surface area contributed by atoms with Crippen LogP contribution in [0.1, 0.15) is 40.5 Å². The molecule has 0 spiro atoms. The SMILES string of the molecule is CC(C)OC(=O)C(C)CCO[P@]1(=O)OC[C@H]2O[C@@H](N3C=CC(=O)CC3=O)[C@](C)(N=[N+]=[N-])[C@@H]2O1. The van der Waals surface area contributed by atoms with E-state index in [1.807, 2.05) is 0 Å². The second-order valence-corrected chi connectivity index (χ2v) is 10.1. The first-order chi connectivity index (χ1) is 15.5. The number of rotatable bonds is 8. The van der Waals surface area contributed by atoms with Gasteiger partial charge >= 0.3 is 13.8 Å². The lowest BCUT2D eigenvalue weighted by atomic mass is 9.92. The maximum Gasteiger partial charge on any atom is 0.475 e. The van der Waals surface area contributed by atoms with Gasteiger partial charge in [-0.3, -0.25) is 32.9 Å². The largest absolute Gasteiger partial charge is 0.475 e. The van der Waals surface area contributed by atoms with Gasteiger partial charge in [0.05, 0.1) is 31.7 Å². The van der Waals surface area contributed by atoms with E-state index in [0.29, 0.717) is 0 Å².